The molecule has 1 fully saturated rings. The smallest absolute Gasteiger partial charge is 0.244 e. The van der Waals surface area contributed by atoms with Crippen LogP contribution >= 0.6 is 0 Å². The van der Waals surface area contributed by atoms with Gasteiger partial charge in [-0.2, -0.15) is 0 Å². The second-order valence-corrected chi connectivity index (χ2v) is 7.42. The maximum Gasteiger partial charge on any atom is 0.244 e. The molecule has 2 aromatic rings. The first-order valence-electron chi connectivity index (χ1n) is 10.0. The van der Waals surface area contributed by atoms with E-state index in [2.05, 4.69) is 34.9 Å². The van der Waals surface area contributed by atoms with Gasteiger partial charge in [-0.15, -0.1) is 0 Å². The Morgan fingerprint density at radius 3 is 2.21 bits per heavy atom. The summed E-state index contributed by atoms with van der Waals surface area (Å²) in [6, 6.07) is 20.1. The lowest BCUT2D eigenvalue weighted by atomic mass is 9.79. The summed E-state index contributed by atoms with van der Waals surface area (Å²) in [6.07, 6.45) is 8.17. The number of carbonyl (C=O) groups excluding carboxylic acids is 2. The van der Waals surface area contributed by atoms with Crippen LogP contribution in [-0.4, -0.2) is 24.9 Å². The van der Waals surface area contributed by atoms with Crippen molar-refractivity contribution < 1.29 is 9.59 Å². The number of rotatable bonds is 8. The highest BCUT2D eigenvalue weighted by Gasteiger charge is 2.35. The standard InChI is InChI=1S/C24H28N2O2/c27-22(14-13-20-9-3-1-4-10-20)25-18-15-23(28)26-19-24(16-7-8-17-24)21-11-5-2-6-12-21/h1-6,9-14H,7-8,15-19H2,(H,25,27)(H,26,28). The molecule has 0 unspecified atom stereocenters. The third-order valence-corrected chi connectivity index (χ3v) is 5.45. The molecule has 2 amide bonds. The van der Waals surface area contributed by atoms with Crippen LogP contribution in [0.15, 0.2) is 66.7 Å². The molecule has 2 N–H and O–H groups in total. The van der Waals surface area contributed by atoms with Crippen LogP contribution in [0.4, 0.5) is 0 Å². The summed E-state index contributed by atoms with van der Waals surface area (Å²) in [5.41, 5.74) is 2.34. The molecule has 2 aromatic carbocycles. The first-order valence-corrected chi connectivity index (χ1v) is 10.0. The first-order chi connectivity index (χ1) is 13.7. The number of nitrogens with one attached hydrogen (secondary N) is 2. The molecule has 146 valence electrons. The van der Waals surface area contributed by atoms with Crippen LogP contribution in [0, 0.1) is 0 Å². The Kier molecular flexibility index (Phi) is 7.01. The average Bonchev–Trinajstić information content (AvgIpc) is 3.22. The van der Waals surface area contributed by atoms with Crippen LogP contribution in [-0.2, 0) is 15.0 Å². The zero-order valence-corrected chi connectivity index (χ0v) is 16.2. The van der Waals surface area contributed by atoms with E-state index >= 15 is 0 Å². The lowest BCUT2D eigenvalue weighted by molar-refractivity contribution is -0.121. The Morgan fingerprint density at radius 1 is 0.893 bits per heavy atom. The molecule has 0 aliphatic heterocycles. The lowest BCUT2D eigenvalue weighted by Crippen LogP contribution is -2.40. The predicted octanol–water partition coefficient (Wildman–Crippen LogP) is 3.83. The van der Waals surface area contributed by atoms with Crippen molar-refractivity contribution in [1.82, 2.24) is 10.6 Å². The van der Waals surface area contributed by atoms with E-state index in [0.717, 1.165) is 18.4 Å². The Labute approximate surface area is 167 Å². The molecule has 4 heteroatoms. The molecule has 0 spiro atoms. The van der Waals surface area contributed by atoms with E-state index in [9.17, 15) is 9.59 Å². The predicted molar refractivity (Wildman–Crippen MR) is 113 cm³/mol. The van der Waals surface area contributed by atoms with Gasteiger partial charge in [0.2, 0.25) is 11.8 Å². The molecule has 1 aliphatic carbocycles. The van der Waals surface area contributed by atoms with Gasteiger partial charge in [0.1, 0.15) is 0 Å². The molecule has 0 bridgehead atoms. The van der Waals surface area contributed by atoms with Crippen LogP contribution < -0.4 is 10.6 Å². The average molecular weight is 377 g/mol. The van der Waals surface area contributed by atoms with E-state index in [1.165, 1.54) is 24.5 Å². The largest absolute Gasteiger partial charge is 0.355 e. The van der Waals surface area contributed by atoms with Gasteiger partial charge in [0.05, 0.1) is 0 Å². The Balaban J connectivity index is 1.42. The van der Waals surface area contributed by atoms with Gasteiger partial charge in [-0.05, 0) is 30.0 Å². The minimum absolute atomic E-state index is 0.0189. The second kappa shape index (κ2) is 9.88. The number of benzene rings is 2. The Hall–Kier alpha value is -2.88. The lowest BCUT2D eigenvalue weighted by Gasteiger charge is -2.30. The highest BCUT2D eigenvalue weighted by molar-refractivity contribution is 5.92. The van der Waals surface area contributed by atoms with Gasteiger partial charge in [-0.1, -0.05) is 73.5 Å². The van der Waals surface area contributed by atoms with Crippen molar-refractivity contribution >= 4 is 17.9 Å². The molecule has 4 nitrogen and oxygen atoms in total. The summed E-state index contributed by atoms with van der Waals surface area (Å²) in [6.45, 7) is 1.000. The van der Waals surface area contributed by atoms with Crippen molar-refractivity contribution in [2.24, 2.45) is 0 Å². The van der Waals surface area contributed by atoms with Gasteiger partial charge >= 0.3 is 0 Å². The van der Waals surface area contributed by atoms with Crippen molar-refractivity contribution in [2.75, 3.05) is 13.1 Å². The SMILES string of the molecule is O=C(C=Cc1ccccc1)NCCC(=O)NCC1(c2ccccc2)CCCC1. The maximum atomic E-state index is 12.3. The third-order valence-electron chi connectivity index (χ3n) is 5.45. The van der Waals surface area contributed by atoms with Crippen LogP contribution in [0.1, 0.15) is 43.2 Å². The van der Waals surface area contributed by atoms with Crippen molar-refractivity contribution in [1.29, 1.82) is 0 Å². The van der Waals surface area contributed by atoms with Gasteiger partial charge in [0.15, 0.2) is 0 Å². The molecule has 3 rings (SSSR count). The summed E-state index contributed by atoms with van der Waals surface area (Å²) >= 11 is 0. The van der Waals surface area contributed by atoms with Crippen molar-refractivity contribution in [2.45, 2.75) is 37.5 Å². The zero-order chi connectivity index (χ0) is 19.7. The summed E-state index contributed by atoms with van der Waals surface area (Å²) in [5.74, 6) is -0.206. The van der Waals surface area contributed by atoms with Crippen LogP contribution in [0.2, 0.25) is 0 Å². The molecule has 1 aliphatic rings. The molecule has 0 atom stereocenters. The minimum atomic E-state index is -0.187. The molecule has 0 saturated heterocycles. The number of hydrogen-bond donors (Lipinski definition) is 2. The fraction of sp³-hybridized carbons (Fsp3) is 0.333. The monoisotopic (exact) mass is 376 g/mol. The van der Waals surface area contributed by atoms with Crippen LogP contribution in [0.3, 0.4) is 0 Å². The summed E-state index contributed by atoms with van der Waals surface area (Å²) in [7, 11) is 0. The highest BCUT2D eigenvalue weighted by atomic mass is 16.2. The number of hydrogen-bond acceptors (Lipinski definition) is 2. The quantitative estimate of drug-likeness (QED) is 0.688. The van der Waals surface area contributed by atoms with Crippen LogP contribution in [0.25, 0.3) is 6.08 Å². The molecular formula is C24H28N2O2. The Bertz CT molecular complexity index is 794. The summed E-state index contributed by atoms with van der Waals surface area (Å²) < 4.78 is 0. The highest BCUT2D eigenvalue weighted by Crippen LogP contribution is 2.40. The van der Waals surface area contributed by atoms with Gasteiger partial charge in [0, 0.05) is 31.0 Å². The van der Waals surface area contributed by atoms with E-state index in [1.807, 2.05) is 36.4 Å². The number of carbonyl (C=O) groups is 2. The van der Waals surface area contributed by atoms with Crippen LogP contribution in [0.5, 0.6) is 0 Å². The molecule has 1 saturated carbocycles. The second-order valence-electron chi connectivity index (χ2n) is 7.42. The fourth-order valence-electron chi connectivity index (χ4n) is 3.86. The van der Waals surface area contributed by atoms with E-state index in [0.29, 0.717) is 13.1 Å². The Morgan fingerprint density at radius 2 is 1.54 bits per heavy atom. The normalized spacial score (nSPS) is 15.4. The van der Waals surface area contributed by atoms with E-state index in [-0.39, 0.29) is 23.7 Å². The van der Waals surface area contributed by atoms with Gasteiger partial charge < -0.3 is 10.6 Å². The van der Waals surface area contributed by atoms with Crippen molar-refractivity contribution in [3.05, 3.63) is 77.9 Å². The maximum absolute atomic E-state index is 12.3. The fourth-order valence-corrected chi connectivity index (χ4v) is 3.86. The third kappa shape index (κ3) is 5.56. The topological polar surface area (TPSA) is 58.2 Å². The van der Waals surface area contributed by atoms with Gasteiger partial charge in [-0.3, -0.25) is 9.59 Å². The minimum Gasteiger partial charge on any atom is -0.355 e. The number of amides is 2. The molecular weight excluding hydrogens is 348 g/mol. The molecule has 0 heterocycles. The summed E-state index contributed by atoms with van der Waals surface area (Å²) in [4.78, 5) is 24.1. The van der Waals surface area contributed by atoms with Gasteiger partial charge in [-0.25, -0.2) is 0 Å². The van der Waals surface area contributed by atoms with Crippen molar-refractivity contribution in [3.63, 3.8) is 0 Å². The molecule has 0 aromatic heterocycles. The molecule has 0 radical (unpaired) electrons. The summed E-state index contributed by atoms with van der Waals surface area (Å²) in [5, 5.41) is 5.85. The van der Waals surface area contributed by atoms with E-state index in [1.54, 1.807) is 6.08 Å². The van der Waals surface area contributed by atoms with E-state index in [4.69, 9.17) is 0 Å². The van der Waals surface area contributed by atoms with E-state index < -0.39 is 0 Å². The van der Waals surface area contributed by atoms with Gasteiger partial charge in [0.25, 0.3) is 0 Å². The first kappa shape index (κ1) is 19.9. The molecule has 28 heavy (non-hydrogen) atoms. The zero-order valence-electron chi connectivity index (χ0n) is 16.2. The van der Waals surface area contributed by atoms with Crippen molar-refractivity contribution in [3.8, 4) is 0 Å².